The van der Waals surface area contributed by atoms with E-state index in [-0.39, 0.29) is 11.8 Å². The van der Waals surface area contributed by atoms with Crippen molar-refractivity contribution >= 4 is 23.2 Å². The van der Waals surface area contributed by atoms with Crippen molar-refractivity contribution in [3.05, 3.63) is 95.1 Å². The summed E-state index contributed by atoms with van der Waals surface area (Å²) in [7, 11) is 0. The molecule has 5 rings (SSSR count). The SMILES string of the molecule is CCc1ccc(C(=O)Nc2ccc(N3CCC(Cc4ccccc4)CC3)c(C(=O)N3CCCC3)c2)cc1. The molecule has 0 saturated carbocycles. The van der Waals surface area contributed by atoms with Crippen molar-refractivity contribution in [1.82, 2.24) is 4.90 Å². The topological polar surface area (TPSA) is 52.7 Å². The lowest BCUT2D eigenvalue weighted by Gasteiger charge is -2.35. The predicted octanol–water partition coefficient (Wildman–Crippen LogP) is 6.20. The Morgan fingerprint density at radius 2 is 1.54 bits per heavy atom. The van der Waals surface area contributed by atoms with Gasteiger partial charge in [-0.25, -0.2) is 0 Å². The standard InChI is InChI=1S/C32H37N3O2/c1-2-24-10-12-27(13-11-24)31(36)33-28-14-15-30(29(23-28)32(37)35-18-6-7-19-35)34-20-16-26(17-21-34)22-25-8-4-3-5-9-25/h3-5,8-15,23,26H,2,6-7,16-22H2,1H3,(H,33,36). The number of benzene rings is 3. The summed E-state index contributed by atoms with van der Waals surface area (Å²) in [5, 5.41) is 3.02. The molecule has 5 nitrogen and oxygen atoms in total. The summed E-state index contributed by atoms with van der Waals surface area (Å²) in [6.07, 6.45) is 6.37. The highest BCUT2D eigenvalue weighted by Crippen LogP contribution is 2.31. The number of carbonyl (C=O) groups excluding carboxylic acids is 2. The third-order valence-electron chi connectivity index (χ3n) is 7.82. The maximum absolute atomic E-state index is 13.6. The minimum absolute atomic E-state index is 0.0716. The van der Waals surface area contributed by atoms with E-state index in [0.717, 1.165) is 70.4 Å². The van der Waals surface area contributed by atoms with Gasteiger partial charge in [0.05, 0.1) is 5.56 Å². The van der Waals surface area contributed by atoms with E-state index in [1.54, 1.807) is 0 Å². The van der Waals surface area contributed by atoms with Gasteiger partial charge in [-0.15, -0.1) is 0 Å². The molecule has 3 aromatic carbocycles. The van der Waals surface area contributed by atoms with Crippen LogP contribution in [0.15, 0.2) is 72.8 Å². The monoisotopic (exact) mass is 495 g/mol. The van der Waals surface area contributed by atoms with Crippen LogP contribution in [0.3, 0.4) is 0 Å². The second kappa shape index (κ2) is 11.6. The van der Waals surface area contributed by atoms with E-state index < -0.39 is 0 Å². The first-order valence-corrected chi connectivity index (χ1v) is 13.7. The van der Waals surface area contributed by atoms with Crippen LogP contribution in [0, 0.1) is 5.92 Å². The van der Waals surface area contributed by atoms with Crippen LogP contribution < -0.4 is 10.2 Å². The van der Waals surface area contributed by atoms with Gasteiger partial charge in [0.1, 0.15) is 0 Å². The molecule has 5 heteroatoms. The van der Waals surface area contributed by atoms with Crippen molar-refractivity contribution in [3.63, 3.8) is 0 Å². The van der Waals surface area contributed by atoms with Crippen LogP contribution in [0.1, 0.15) is 64.4 Å². The van der Waals surface area contributed by atoms with Gasteiger partial charge in [0.2, 0.25) is 0 Å². The largest absolute Gasteiger partial charge is 0.371 e. The van der Waals surface area contributed by atoms with Gasteiger partial charge < -0.3 is 15.1 Å². The zero-order chi connectivity index (χ0) is 25.6. The highest BCUT2D eigenvalue weighted by molar-refractivity contribution is 6.06. The first-order chi connectivity index (χ1) is 18.1. The molecule has 192 valence electrons. The van der Waals surface area contributed by atoms with E-state index in [4.69, 9.17) is 0 Å². The molecule has 2 aliphatic heterocycles. The highest BCUT2D eigenvalue weighted by Gasteiger charge is 2.27. The number of likely N-dealkylation sites (tertiary alicyclic amines) is 1. The molecular weight excluding hydrogens is 458 g/mol. The van der Waals surface area contributed by atoms with E-state index in [0.29, 0.717) is 22.7 Å². The summed E-state index contributed by atoms with van der Waals surface area (Å²) in [5.41, 5.74) is 5.56. The number of nitrogens with one attached hydrogen (secondary N) is 1. The highest BCUT2D eigenvalue weighted by atomic mass is 16.2. The molecule has 2 heterocycles. The minimum Gasteiger partial charge on any atom is -0.371 e. The Balaban J connectivity index is 1.32. The average Bonchev–Trinajstić information content (AvgIpc) is 3.49. The van der Waals surface area contributed by atoms with Crippen molar-refractivity contribution < 1.29 is 9.59 Å². The van der Waals surface area contributed by atoms with Gasteiger partial charge in [0, 0.05) is 43.1 Å². The number of hydrogen-bond donors (Lipinski definition) is 1. The summed E-state index contributed by atoms with van der Waals surface area (Å²) in [4.78, 5) is 30.8. The number of aryl methyl sites for hydroxylation is 1. The molecule has 0 radical (unpaired) electrons. The zero-order valence-electron chi connectivity index (χ0n) is 21.8. The molecule has 0 aromatic heterocycles. The Morgan fingerprint density at radius 1 is 0.838 bits per heavy atom. The molecule has 1 N–H and O–H groups in total. The summed E-state index contributed by atoms with van der Waals surface area (Å²) in [6.45, 7) is 5.58. The number of hydrogen-bond acceptors (Lipinski definition) is 3. The smallest absolute Gasteiger partial charge is 0.256 e. The summed E-state index contributed by atoms with van der Waals surface area (Å²) >= 11 is 0. The van der Waals surface area contributed by atoms with E-state index in [9.17, 15) is 9.59 Å². The molecule has 3 aromatic rings. The van der Waals surface area contributed by atoms with E-state index in [1.807, 2.05) is 47.4 Å². The molecule has 2 saturated heterocycles. The van der Waals surface area contributed by atoms with Gasteiger partial charge in [-0.1, -0.05) is 49.4 Å². The maximum Gasteiger partial charge on any atom is 0.256 e. The second-order valence-corrected chi connectivity index (χ2v) is 10.4. The Labute approximate surface area is 220 Å². The van der Waals surface area contributed by atoms with Crippen molar-refractivity contribution in [2.75, 3.05) is 36.4 Å². The molecule has 0 bridgehead atoms. The summed E-state index contributed by atoms with van der Waals surface area (Å²) in [6, 6.07) is 24.3. The second-order valence-electron chi connectivity index (χ2n) is 10.4. The number of amides is 2. The summed E-state index contributed by atoms with van der Waals surface area (Å²) in [5.74, 6) is 0.577. The number of anilines is 2. The third kappa shape index (κ3) is 6.04. The number of carbonyl (C=O) groups is 2. The Bertz CT molecular complexity index is 1210. The van der Waals surface area contributed by atoms with Crippen LogP contribution in [0.4, 0.5) is 11.4 Å². The Kier molecular flexibility index (Phi) is 7.88. The first-order valence-electron chi connectivity index (χ1n) is 13.7. The van der Waals surface area contributed by atoms with Crippen LogP contribution >= 0.6 is 0 Å². The zero-order valence-corrected chi connectivity index (χ0v) is 21.8. The molecule has 0 atom stereocenters. The normalized spacial score (nSPS) is 16.1. The molecule has 2 fully saturated rings. The van der Waals surface area contributed by atoms with Gasteiger partial charge in [-0.3, -0.25) is 9.59 Å². The van der Waals surface area contributed by atoms with Crippen molar-refractivity contribution in [2.24, 2.45) is 5.92 Å². The van der Waals surface area contributed by atoms with Crippen molar-refractivity contribution in [3.8, 4) is 0 Å². The molecule has 2 aliphatic rings. The fourth-order valence-electron chi connectivity index (χ4n) is 5.57. The van der Waals surface area contributed by atoms with Gasteiger partial charge in [-0.2, -0.15) is 0 Å². The predicted molar refractivity (Wildman–Crippen MR) is 150 cm³/mol. The first kappa shape index (κ1) is 25.1. The third-order valence-corrected chi connectivity index (χ3v) is 7.82. The van der Waals surface area contributed by atoms with E-state index >= 15 is 0 Å². The number of nitrogens with zero attached hydrogens (tertiary/aromatic N) is 2. The molecule has 2 amide bonds. The van der Waals surface area contributed by atoms with Crippen molar-refractivity contribution in [2.45, 2.75) is 45.4 Å². The van der Waals surface area contributed by atoms with Crippen LogP contribution in [0.5, 0.6) is 0 Å². The molecule has 0 spiro atoms. The van der Waals surface area contributed by atoms with Crippen LogP contribution in [-0.4, -0.2) is 42.9 Å². The number of rotatable bonds is 7. The van der Waals surface area contributed by atoms with Crippen molar-refractivity contribution in [1.29, 1.82) is 0 Å². The minimum atomic E-state index is -0.156. The Hall–Kier alpha value is -3.60. The van der Waals surface area contributed by atoms with Gasteiger partial charge in [0.25, 0.3) is 11.8 Å². The molecule has 0 unspecified atom stereocenters. The lowest BCUT2D eigenvalue weighted by molar-refractivity contribution is 0.0793. The van der Waals surface area contributed by atoms with E-state index in [1.165, 1.54) is 11.1 Å². The lowest BCUT2D eigenvalue weighted by atomic mass is 9.89. The lowest BCUT2D eigenvalue weighted by Crippen LogP contribution is -2.36. The molecular formula is C32H37N3O2. The van der Waals surface area contributed by atoms with Crippen LogP contribution in [0.25, 0.3) is 0 Å². The quantitative estimate of drug-likeness (QED) is 0.425. The summed E-state index contributed by atoms with van der Waals surface area (Å²) < 4.78 is 0. The van der Waals surface area contributed by atoms with Crippen LogP contribution in [-0.2, 0) is 12.8 Å². The van der Waals surface area contributed by atoms with E-state index in [2.05, 4.69) is 47.5 Å². The van der Waals surface area contributed by atoms with Gasteiger partial charge in [0.15, 0.2) is 0 Å². The average molecular weight is 496 g/mol. The fourth-order valence-corrected chi connectivity index (χ4v) is 5.57. The molecule has 37 heavy (non-hydrogen) atoms. The fraction of sp³-hybridized carbons (Fsp3) is 0.375. The molecule has 0 aliphatic carbocycles. The maximum atomic E-state index is 13.6. The Morgan fingerprint density at radius 3 is 2.22 bits per heavy atom. The van der Waals surface area contributed by atoms with Gasteiger partial charge in [-0.05, 0) is 85.9 Å². The van der Waals surface area contributed by atoms with Crippen LogP contribution in [0.2, 0.25) is 0 Å². The number of piperidine rings is 1. The van der Waals surface area contributed by atoms with Gasteiger partial charge >= 0.3 is 0 Å².